The molecule has 3 rings (SSSR count). The maximum Gasteiger partial charge on any atom is 0.173 e. The van der Waals surface area contributed by atoms with Gasteiger partial charge >= 0.3 is 0 Å². The number of unbranched alkanes of at least 4 members (excludes halogenated alkanes) is 1. The molecule has 0 radical (unpaired) electrons. The second-order valence-electron chi connectivity index (χ2n) is 11.3. The van der Waals surface area contributed by atoms with Crippen molar-refractivity contribution in [3.63, 3.8) is 0 Å². The van der Waals surface area contributed by atoms with Crippen LogP contribution in [-0.2, 0) is 9.47 Å². The molecule has 2 aliphatic rings. The molecule has 40 heavy (non-hydrogen) atoms. The van der Waals surface area contributed by atoms with Crippen molar-refractivity contribution in [3.05, 3.63) is 71.8 Å². The Hall–Kier alpha value is -2.40. The van der Waals surface area contributed by atoms with Crippen molar-refractivity contribution in [2.75, 3.05) is 33.1 Å². The van der Waals surface area contributed by atoms with E-state index in [0.29, 0.717) is 25.7 Å². The Morgan fingerprint density at radius 2 is 1.68 bits per heavy atom. The molecule has 1 aromatic rings. The lowest BCUT2D eigenvalue weighted by molar-refractivity contribution is 0.0612. The maximum atomic E-state index is 14.0. The van der Waals surface area contributed by atoms with E-state index in [2.05, 4.69) is 56.3 Å². The van der Waals surface area contributed by atoms with Gasteiger partial charge in [-0.2, -0.15) is 0 Å². The maximum absolute atomic E-state index is 14.0. The van der Waals surface area contributed by atoms with E-state index in [1.807, 2.05) is 6.92 Å². The van der Waals surface area contributed by atoms with Gasteiger partial charge in [0.05, 0.1) is 19.8 Å². The second-order valence-corrected chi connectivity index (χ2v) is 11.3. The summed E-state index contributed by atoms with van der Waals surface area (Å²) >= 11 is 0. The number of hydrogen-bond acceptors (Lipinski definition) is 3. The third kappa shape index (κ3) is 10.5. The minimum atomic E-state index is -1.14. The standard InChI is InChI=1S/C35H50F2O3/c1-4-7-22-39-33-19-17-30(18-20-33)29(5-2)11-8-10-27-13-15-32-24-28(14-16-31(32)23-27)26-40-35(34(37)25-36)12-9-21-38-6-3/h5,8-9,11-12,17-20,27-28,31-32H,4,6-7,10,13-16,21-26H2,1-3H3/b11-8-,12-9-,29-5+,35-34-. The van der Waals surface area contributed by atoms with Crippen LogP contribution in [0.15, 0.2) is 66.2 Å². The lowest BCUT2D eigenvalue weighted by Crippen LogP contribution is -2.32. The first-order valence-corrected chi connectivity index (χ1v) is 15.5. The summed E-state index contributed by atoms with van der Waals surface area (Å²) in [4.78, 5) is 0. The van der Waals surface area contributed by atoms with Gasteiger partial charge in [0.2, 0.25) is 0 Å². The normalized spacial score (nSPS) is 24.3. The highest BCUT2D eigenvalue weighted by molar-refractivity contribution is 5.73. The fourth-order valence-electron chi connectivity index (χ4n) is 6.10. The van der Waals surface area contributed by atoms with E-state index in [-0.39, 0.29) is 5.76 Å². The zero-order valence-corrected chi connectivity index (χ0v) is 24.9. The summed E-state index contributed by atoms with van der Waals surface area (Å²) in [5.41, 5.74) is 2.47. The van der Waals surface area contributed by atoms with E-state index >= 15 is 0 Å². The minimum Gasteiger partial charge on any atom is -0.494 e. The first-order chi connectivity index (χ1) is 19.6. The molecule has 2 fully saturated rings. The van der Waals surface area contributed by atoms with Crippen LogP contribution in [0, 0.1) is 23.7 Å². The zero-order chi connectivity index (χ0) is 28.6. The summed E-state index contributed by atoms with van der Waals surface area (Å²) in [6.45, 7) is 7.20. The quantitative estimate of drug-likeness (QED) is 0.115. The van der Waals surface area contributed by atoms with Gasteiger partial charge in [0, 0.05) is 6.61 Å². The average Bonchev–Trinajstić information content (AvgIpc) is 2.99. The van der Waals surface area contributed by atoms with Crippen molar-refractivity contribution in [3.8, 4) is 5.75 Å². The largest absolute Gasteiger partial charge is 0.494 e. The lowest BCUT2D eigenvalue weighted by Gasteiger charge is -2.42. The molecule has 0 amide bonds. The summed E-state index contributed by atoms with van der Waals surface area (Å²) in [5, 5.41) is 0. The average molecular weight is 557 g/mol. The van der Waals surface area contributed by atoms with Gasteiger partial charge in [-0.25, -0.2) is 8.78 Å². The number of rotatable bonds is 16. The molecule has 1 aromatic carbocycles. The Labute approximate surface area is 241 Å². The third-order valence-electron chi connectivity index (χ3n) is 8.41. The van der Waals surface area contributed by atoms with Crippen molar-refractivity contribution < 1.29 is 23.0 Å². The zero-order valence-electron chi connectivity index (χ0n) is 24.9. The summed E-state index contributed by atoms with van der Waals surface area (Å²) in [7, 11) is 0. The highest BCUT2D eigenvalue weighted by Gasteiger charge is 2.35. The molecule has 5 heteroatoms. The number of halogens is 2. The fourth-order valence-corrected chi connectivity index (χ4v) is 6.10. The smallest absolute Gasteiger partial charge is 0.173 e. The van der Waals surface area contributed by atoms with Crippen LogP contribution in [0.4, 0.5) is 8.78 Å². The van der Waals surface area contributed by atoms with Gasteiger partial charge in [-0.05, 0) is 118 Å². The molecule has 0 saturated heterocycles. The molecule has 0 spiro atoms. The van der Waals surface area contributed by atoms with Gasteiger partial charge in [0.1, 0.15) is 12.4 Å². The molecule has 4 atom stereocenters. The van der Waals surface area contributed by atoms with E-state index in [4.69, 9.17) is 14.2 Å². The van der Waals surface area contributed by atoms with Crippen LogP contribution < -0.4 is 4.74 Å². The summed E-state index contributed by atoms with van der Waals surface area (Å²) in [6.07, 6.45) is 20.6. The Morgan fingerprint density at radius 3 is 2.35 bits per heavy atom. The van der Waals surface area contributed by atoms with Crippen molar-refractivity contribution in [2.45, 2.75) is 78.6 Å². The van der Waals surface area contributed by atoms with E-state index < -0.39 is 12.5 Å². The monoisotopic (exact) mass is 556 g/mol. The first-order valence-electron chi connectivity index (χ1n) is 15.5. The number of benzene rings is 1. The summed E-state index contributed by atoms with van der Waals surface area (Å²) in [5.74, 6) is 2.74. The second kappa shape index (κ2) is 18.1. The van der Waals surface area contributed by atoms with Gasteiger partial charge in [-0.3, -0.25) is 0 Å². The molecule has 0 N–H and O–H groups in total. The summed E-state index contributed by atoms with van der Waals surface area (Å²) in [6, 6.07) is 8.43. The van der Waals surface area contributed by atoms with Crippen molar-refractivity contribution >= 4 is 5.57 Å². The predicted molar refractivity (Wildman–Crippen MR) is 162 cm³/mol. The molecule has 2 aliphatic carbocycles. The van der Waals surface area contributed by atoms with Gasteiger partial charge < -0.3 is 14.2 Å². The number of allylic oxidation sites excluding steroid dienone is 6. The minimum absolute atomic E-state index is 0.0107. The number of hydrogen-bond donors (Lipinski definition) is 0. The predicted octanol–water partition coefficient (Wildman–Crippen LogP) is 9.81. The third-order valence-corrected chi connectivity index (χ3v) is 8.41. The molecular formula is C35H50F2O3. The molecule has 3 nitrogen and oxygen atoms in total. The highest BCUT2D eigenvalue weighted by atomic mass is 19.2. The Balaban J connectivity index is 1.43. The van der Waals surface area contributed by atoms with Crippen LogP contribution in [0.5, 0.6) is 5.75 Å². The molecule has 0 bridgehead atoms. The first kappa shape index (κ1) is 32.1. The van der Waals surface area contributed by atoms with E-state index in [0.717, 1.165) is 62.2 Å². The number of fused-ring (bicyclic) bond motifs is 1. The van der Waals surface area contributed by atoms with Crippen LogP contribution >= 0.6 is 0 Å². The molecular weight excluding hydrogens is 506 g/mol. The van der Waals surface area contributed by atoms with Gasteiger partial charge in [0.15, 0.2) is 11.6 Å². The number of alkyl halides is 1. The molecule has 0 aliphatic heterocycles. The van der Waals surface area contributed by atoms with Gasteiger partial charge in [-0.15, -0.1) is 0 Å². The molecule has 4 unspecified atom stereocenters. The van der Waals surface area contributed by atoms with Crippen molar-refractivity contribution in [1.29, 1.82) is 0 Å². The van der Waals surface area contributed by atoms with Gasteiger partial charge in [0.25, 0.3) is 0 Å². The van der Waals surface area contributed by atoms with Crippen molar-refractivity contribution in [2.24, 2.45) is 23.7 Å². The SMILES string of the molecule is C/C=C(\C=C/CC1CCC2CC(COC(/C=C\COCC)=C(\F)CF)CCC2C1)c1ccc(OCCCC)cc1. The van der Waals surface area contributed by atoms with Crippen LogP contribution in [0.1, 0.15) is 84.1 Å². The van der Waals surface area contributed by atoms with Crippen LogP contribution in [-0.4, -0.2) is 33.1 Å². The molecule has 0 aromatic heterocycles. The van der Waals surface area contributed by atoms with E-state index in [1.54, 1.807) is 6.08 Å². The lowest BCUT2D eigenvalue weighted by atomic mass is 9.64. The Bertz CT molecular complexity index is 979. The molecule has 222 valence electrons. The van der Waals surface area contributed by atoms with Crippen LogP contribution in [0.2, 0.25) is 0 Å². The fraction of sp³-hybridized carbons (Fsp3) is 0.600. The summed E-state index contributed by atoms with van der Waals surface area (Å²) < 4.78 is 43.7. The highest BCUT2D eigenvalue weighted by Crippen LogP contribution is 2.45. The van der Waals surface area contributed by atoms with E-state index in [1.165, 1.54) is 42.9 Å². The van der Waals surface area contributed by atoms with Crippen LogP contribution in [0.3, 0.4) is 0 Å². The number of ether oxygens (including phenoxy) is 3. The Morgan fingerprint density at radius 1 is 0.950 bits per heavy atom. The van der Waals surface area contributed by atoms with Crippen LogP contribution in [0.25, 0.3) is 5.57 Å². The van der Waals surface area contributed by atoms with E-state index in [9.17, 15) is 8.78 Å². The molecule has 0 heterocycles. The molecule has 2 saturated carbocycles. The van der Waals surface area contributed by atoms with Crippen molar-refractivity contribution in [1.82, 2.24) is 0 Å². The Kier molecular flexibility index (Phi) is 14.5. The van der Waals surface area contributed by atoms with Gasteiger partial charge in [-0.1, -0.05) is 49.8 Å². The topological polar surface area (TPSA) is 27.7 Å².